The van der Waals surface area contributed by atoms with Crippen LogP contribution in [-0.2, 0) is 16.4 Å². The number of nitrogens with one attached hydrogen (secondary N) is 1. The van der Waals surface area contributed by atoms with E-state index in [1.807, 2.05) is 6.92 Å². The number of rotatable bonds is 6. The number of aryl methyl sites for hydroxylation is 1. The molecule has 8 heteroatoms. The number of nitrogens with two attached hydrogens (primary N) is 1. The van der Waals surface area contributed by atoms with Crippen LogP contribution in [0.4, 0.5) is 0 Å². The SMILES string of the molecule is CCCn1ncc(Cl)c1C(CS(C)(=O)=O)NN. The Labute approximate surface area is 106 Å². The highest BCUT2D eigenvalue weighted by molar-refractivity contribution is 7.90. The van der Waals surface area contributed by atoms with Gasteiger partial charge in [-0.25, -0.2) is 8.42 Å². The number of aromatic nitrogens is 2. The Balaban J connectivity index is 3.06. The number of hydrogen-bond acceptors (Lipinski definition) is 5. The molecular formula is C9H17ClN4O2S. The third-order valence-electron chi connectivity index (χ3n) is 2.27. The number of hydrazine groups is 1. The van der Waals surface area contributed by atoms with Gasteiger partial charge in [-0.15, -0.1) is 0 Å². The van der Waals surface area contributed by atoms with Gasteiger partial charge in [0.15, 0.2) is 0 Å². The van der Waals surface area contributed by atoms with Crippen molar-refractivity contribution >= 4 is 21.4 Å². The Morgan fingerprint density at radius 3 is 2.76 bits per heavy atom. The van der Waals surface area contributed by atoms with Crippen molar-refractivity contribution in [3.05, 3.63) is 16.9 Å². The molecule has 3 N–H and O–H groups in total. The van der Waals surface area contributed by atoms with Gasteiger partial charge in [0.25, 0.3) is 0 Å². The van der Waals surface area contributed by atoms with Crippen molar-refractivity contribution in [1.82, 2.24) is 15.2 Å². The van der Waals surface area contributed by atoms with Crippen molar-refractivity contribution in [2.45, 2.75) is 25.9 Å². The highest BCUT2D eigenvalue weighted by Gasteiger charge is 2.22. The second-order valence-corrected chi connectivity index (χ2v) is 6.50. The lowest BCUT2D eigenvalue weighted by Crippen LogP contribution is -2.34. The molecule has 0 amide bonds. The largest absolute Gasteiger partial charge is 0.271 e. The Morgan fingerprint density at radius 2 is 2.29 bits per heavy atom. The van der Waals surface area contributed by atoms with E-state index in [9.17, 15) is 8.42 Å². The Hall–Kier alpha value is -0.630. The van der Waals surface area contributed by atoms with Crippen LogP contribution in [0.1, 0.15) is 25.1 Å². The molecule has 0 aliphatic carbocycles. The van der Waals surface area contributed by atoms with Gasteiger partial charge < -0.3 is 0 Å². The van der Waals surface area contributed by atoms with Crippen LogP contribution < -0.4 is 11.3 Å². The molecule has 0 aromatic carbocycles. The molecule has 1 atom stereocenters. The normalized spacial score (nSPS) is 13.9. The zero-order valence-corrected chi connectivity index (χ0v) is 11.4. The summed E-state index contributed by atoms with van der Waals surface area (Å²) in [6, 6.07) is -0.549. The molecule has 1 aromatic heterocycles. The summed E-state index contributed by atoms with van der Waals surface area (Å²) in [6.07, 6.45) is 3.53. The minimum atomic E-state index is -3.15. The first-order chi connectivity index (χ1) is 7.89. The highest BCUT2D eigenvalue weighted by atomic mass is 35.5. The quantitative estimate of drug-likeness (QED) is 0.585. The first-order valence-electron chi connectivity index (χ1n) is 5.24. The molecule has 6 nitrogen and oxygen atoms in total. The maximum atomic E-state index is 11.3. The average molecular weight is 281 g/mol. The summed E-state index contributed by atoms with van der Waals surface area (Å²) in [4.78, 5) is 0. The summed E-state index contributed by atoms with van der Waals surface area (Å²) in [5, 5.41) is 4.52. The third kappa shape index (κ3) is 3.95. The second-order valence-electron chi connectivity index (χ2n) is 3.91. The van der Waals surface area contributed by atoms with E-state index in [1.165, 1.54) is 6.20 Å². The van der Waals surface area contributed by atoms with Gasteiger partial charge in [0.2, 0.25) is 0 Å². The molecule has 0 bridgehead atoms. The molecule has 1 heterocycles. The molecule has 1 unspecified atom stereocenters. The van der Waals surface area contributed by atoms with E-state index in [4.69, 9.17) is 17.4 Å². The van der Waals surface area contributed by atoms with Gasteiger partial charge in [-0.2, -0.15) is 5.10 Å². The van der Waals surface area contributed by atoms with Gasteiger partial charge in [0.1, 0.15) is 9.84 Å². The van der Waals surface area contributed by atoms with Crippen molar-refractivity contribution in [2.75, 3.05) is 12.0 Å². The number of nitrogens with zero attached hydrogens (tertiary/aromatic N) is 2. The van der Waals surface area contributed by atoms with E-state index in [-0.39, 0.29) is 5.75 Å². The minimum absolute atomic E-state index is 0.112. The van der Waals surface area contributed by atoms with E-state index < -0.39 is 15.9 Å². The predicted octanol–water partition coefficient (Wildman–Crippen LogP) is 0.495. The molecule has 0 aliphatic heterocycles. The second kappa shape index (κ2) is 5.81. The summed E-state index contributed by atoms with van der Waals surface area (Å²) in [7, 11) is -3.15. The van der Waals surface area contributed by atoms with Crippen LogP contribution in [0, 0.1) is 0 Å². The average Bonchev–Trinajstić information content (AvgIpc) is 2.56. The van der Waals surface area contributed by atoms with Gasteiger partial charge in [-0.05, 0) is 6.42 Å². The minimum Gasteiger partial charge on any atom is -0.271 e. The van der Waals surface area contributed by atoms with Gasteiger partial charge in [-0.3, -0.25) is 16.0 Å². The molecule has 17 heavy (non-hydrogen) atoms. The lowest BCUT2D eigenvalue weighted by atomic mass is 10.2. The number of halogens is 1. The summed E-state index contributed by atoms with van der Waals surface area (Å²) in [5.41, 5.74) is 3.09. The van der Waals surface area contributed by atoms with Crippen LogP contribution >= 0.6 is 11.6 Å². The first-order valence-corrected chi connectivity index (χ1v) is 7.68. The summed E-state index contributed by atoms with van der Waals surface area (Å²) in [6.45, 7) is 2.67. The fraction of sp³-hybridized carbons (Fsp3) is 0.667. The van der Waals surface area contributed by atoms with Crippen LogP contribution in [0.2, 0.25) is 5.02 Å². The molecule has 0 aliphatic rings. The lowest BCUT2D eigenvalue weighted by molar-refractivity contribution is 0.499. The van der Waals surface area contributed by atoms with Crippen LogP contribution in [-0.4, -0.2) is 30.2 Å². The number of sulfone groups is 1. The van der Waals surface area contributed by atoms with Crippen LogP contribution in [0.5, 0.6) is 0 Å². The summed E-state index contributed by atoms with van der Waals surface area (Å²) in [5.74, 6) is 5.28. The molecule has 0 spiro atoms. The van der Waals surface area contributed by atoms with Crippen molar-refractivity contribution in [3.63, 3.8) is 0 Å². The van der Waals surface area contributed by atoms with Crippen molar-refractivity contribution in [2.24, 2.45) is 5.84 Å². The highest BCUT2D eigenvalue weighted by Crippen LogP contribution is 2.23. The molecule has 0 radical (unpaired) electrons. The predicted molar refractivity (Wildman–Crippen MR) is 67.3 cm³/mol. The zero-order chi connectivity index (χ0) is 13.1. The Bertz CT molecular complexity index is 471. The fourth-order valence-corrected chi connectivity index (χ4v) is 2.75. The van der Waals surface area contributed by atoms with Crippen LogP contribution in [0.3, 0.4) is 0 Å². The van der Waals surface area contributed by atoms with Crippen molar-refractivity contribution < 1.29 is 8.42 Å². The van der Waals surface area contributed by atoms with E-state index in [0.29, 0.717) is 17.3 Å². The number of hydrogen-bond donors (Lipinski definition) is 2. The molecule has 0 saturated heterocycles. The third-order valence-corrected chi connectivity index (χ3v) is 3.50. The van der Waals surface area contributed by atoms with Crippen molar-refractivity contribution in [1.29, 1.82) is 0 Å². The maximum absolute atomic E-state index is 11.3. The Morgan fingerprint density at radius 1 is 1.65 bits per heavy atom. The van der Waals surface area contributed by atoms with Gasteiger partial charge in [0, 0.05) is 12.8 Å². The fourth-order valence-electron chi connectivity index (χ4n) is 1.62. The maximum Gasteiger partial charge on any atom is 0.149 e. The molecule has 1 aromatic rings. The molecular weight excluding hydrogens is 264 g/mol. The van der Waals surface area contributed by atoms with Gasteiger partial charge in [0.05, 0.1) is 28.7 Å². The van der Waals surface area contributed by atoms with Gasteiger partial charge in [-0.1, -0.05) is 18.5 Å². The molecule has 98 valence electrons. The van der Waals surface area contributed by atoms with Crippen LogP contribution in [0.25, 0.3) is 0 Å². The smallest absolute Gasteiger partial charge is 0.149 e. The monoisotopic (exact) mass is 280 g/mol. The summed E-state index contributed by atoms with van der Waals surface area (Å²) >= 11 is 6.01. The van der Waals surface area contributed by atoms with E-state index in [2.05, 4.69) is 10.5 Å². The topological polar surface area (TPSA) is 90.0 Å². The van der Waals surface area contributed by atoms with Gasteiger partial charge >= 0.3 is 0 Å². The first kappa shape index (κ1) is 14.4. The van der Waals surface area contributed by atoms with E-state index >= 15 is 0 Å². The van der Waals surface area contributed by atoms with Crippen molar-refractivity contribution in [3.8, 4) is 0 Å². The van der Waals surface area contributed by atoms with Crippen LogP contribution in [0.15, 0.2) is 6.20 Å². The lowest BCUT2D eigenvalue weighted by Gasteiger charge is -2.17. The van der Waals surface area contributed by atoms with E-state index in [0.717, 1.165) is 12.7 Å². The zero-order valence-electron chi connectivity index (χ0n) is 9.85. The summed E-state index contributed by atoms with van der Waals surface area (Å²) < 4.78 is 24.3. The Kier molecular flexibility index (Phi) is 4.93. The standard InChI is InChI=1S/C9H17ClN4O2S/c1-3-4-14-9(7(10)5-12-14)8(13-11)6-17(2,15)16/h5,8,13H,3-4,6,11H2,1-2H3. The molecule has 0 saturated carbocycles. The molecule has 1 rings (SSSR count). The molecule has 0 fully saturated rings. The van der Waals surface area contributed by atoms with E-state index in [1.54, 1.807) is 4.68 Å².